The predicted molar refractivity (Wildman–Crippen MR) is 83.2 cm³/mol. The molecule has 0 bridgehead atoms. The summed E-state index contributed by atoms with van der Waals surface area (Å²) >= 11 is 0. The van der Waals surface area contributed by atoms with Gasteiger partial charge < -0.3 is 25.2 Å². The molecule has 0 radical (unpaired) electrons. The predicted octanol–water partition coefficient (Wildman–Crippen LogP) is 0.995. The van der Waals surface area contributed by atoms with Crippen LogP contribution < -0.4 is 20.1 Å². The molecule has 22 heavy (non-hydrogen) atoms. The number of rotatable bonds is 7. The lowest BCUT2D eigenvalue weighted by Gasteiger charge is -2.17. The van der Waals surface area contributed by atoms with Crippen LogP contribution in [0, 0.1) is 0 Å². The number of hydrogen-bond acceptors (Lipinski definition) is 5. The van der Waals surface area contributed by atoms with Gasteiger partial charge in [0.05, 0.1) is 20.3 Å². The molecule has 2 unspecified atom stereocenters. The zero-order chi connectivity index (χ0) is 15.9. The van der Waals surface area contributed by atoms with Gasteiger partial charge in [-0.2, -0.15) is 0 Å². The van der Waals surface area contributed by atoms with E-state index < -0.39 is 6.10 Å². The molecule has 2 atom stereocenters. The lowest BCUT2D eigenvalue weighted by Crippen LogP contribution is -2.34. The van der Waals surface area contributed by atoms with E-state index in [4.69, 9.17) is 9.47 Å². The third-order valence-corrected chi connectivity index (χ3v) is 3.88. The van der Waals surface area contributed by atoms with Crippen molar-refractivity contribution in [2.45, 2.75) is 31.4 Å². The summed E-state index contributed by atoms with van der Waals surface area (Å²) in [6.07, 6.45) is 1.74. The van der Waals surface area contributed by atoms with E-state index in [1.54, 1.807) is 32.4 Å². The van der Waals surface area contributed by atoms with Gasteiger partial charge in [0, 0.05) is 24.6 Å². The summed E-state index contributed by atoms with van der Waals surface area (Å²) < 4.78 is 10.4. The Kier molecular flexibility index (Phi) is 6.03. The number of carbonyl (C=O) groups is 1. The Bertz CT molecular complexity index is 501. The van der Waals surface area contributed by atoms with E-state index in [1.165, 1.54) is 0 Å². The van der Waals surface area contributed by atoms with E-state index in [2.05, 4.69) is 10.6 Å². The second kappa shape index (κ2) is 8.00. The molecule has 0 aliphatic carbocycles. The molecule has 1 aromatic carbocycles. The summed E-state index contributed by atoms with van der Waals surface area (Å²) in [6.45, 7) is 1.12. The van der Waals surface area contributed by atoms with Crippen LogP contribution in [-0.2, 0) is 4.79 Å². The molecule has 122 valence electrons. The van der Waals surface area contributed by atoms with Crippen molar-refractivity contribution in [3.63, 3.8) is 0 Å². The highest BCUT2D eigenvalue weighted by molar-refractivity contribution is 5.76. The van der Waals surface area contributed by atoms with Gasteiger partial charge in [0.1, 0.15) is 11.5 Å². The molecular formula is C16H24N2O4. The van der Waals surface area contributed by atoms with Crippen LogP contribution in [0.4, 0.5) is 0 Å². The van der Waals surface area contributed by atoms with E-state index in [0.717, 1.165) is 19.4 Å². The molecule has 6 heteroatoms. The van der Waals surface area contributed by atoms with Crippen LogP contribution in [0.15, 0.2) is 18.2 Å². The molecule has 1 fully saturated rings. The van der Waals surface area contributed by atoms with Gasteiger partial charge >= 0.3 is 0 Å². The van der Waals surface area contributed by atoms with Crippen LogP contribution in [0.5, 0.6) is 11.5 Å². The third-order valence-electron chi connectivity index (χ3n) is 3.88. The molecule has 2 rings (SSSR count). The van der Waals surface area contributed by atoms with Crippen molar-refractivity contribution in [1.29, 1.82) is 0 Å². The van der Waals surface area contributed by atoms with Crippen LogP contribution in [0.1, 0.15) is 30.9 Å². The van der Waals surface area contributed by atoms with E-state index in [0.29, 0.717) is 23.5 Å². The fraction of sp³-hybridized carbons (Fsp3) is 0.562. The maximum absolute atomic E-state index is 11.9. The molecule has 3 N–H and O–H groups in total. The minimum absolute atomic E-state index is 0.0553. The number of benzene rings is 1. The molecule has 0 saturated carbocycles. The molecule has 1 amide bonds. The molecule has 1 aromatic rings. The maximum atomic E-state index is 11.9. The van der Waals surface area contributed by atoms with Gasteiger partial charge in [-0.3, -0.25) is 4.79 Å². The highest BCUT2D eigenvalue weighted by Crippen LogP contribution is 2.29. The summed E-state index contributed by atoms with van der Waals surface area (Å²) in [7, 11) is 3.11. The first-order valence-electron chi connectivity index (χ1n) is 7.54. The first-order chi connectivity index (χ1) is 10.6. The lowest BCUT2D eigenvalue weighted by atomic mass is 10.1. The van der Waals surface area contributed by atoms with Crippen molar-refractivity contribution in [2.75, 3.05) is 27.3 Å². The average Bonchev–Trinajstić information content (AvgIpc) is 3.04. The normalized spacial score (nSPS) is 18.8. The number of methoxy groups -OCH3 is 2. The van der Waals surface area contributed by atoms with Crippen molar-refractivity contribution >= 4 is 5.91 Å². The first-order valence-corrected chi connectivity index (χ1v) is 7.54. The molecular weight excluding hydrogens is 284 g/mol. The molecule has 1 saturated heterocycles. The van der Waals surface area contributed by atoms with Crippen molar-refractivity contribution in [3.05, 3.63) is 23.8 Å². The van der Waals surface area contributed by atoms with Crippen LogP contribution in [-0.4, -0.2) is 44.4 Å². The van der Waals surface area contributed by atoms with Crippen molar-refractivity contribution in [2.24, 2.45) is 0 Å². The molecule has 0 spiro atoms. The van der Waals surface area contributed by atoms with E-state index >= 15 is 0 Å². The fourth-order valence-electron chi connectivity index (χ4n) is 2.65. The SMILES string of the molecule is COc1ccc(OC)c(C(O)CNC(=O)CC2CCCN2)c1. The molecule has 1 heterocycles. The van der Waals surface area contributed by atoms with Crippen molar-refractivity contribution in [3.8, 4) is 11.5 Å². The topological polar surface area (TPSA) is 79.8 Å². The summed E-state index contributed by atoms with van der Waals surface area (Å²) in [5, 5.41) is 16.3. The first kappa shape index (κ1) is 16.6. The lowest BCUT2D eigenvalue weighted by molar-refractivity contribution is -0.122. The Morgan fingerprint density at radius 2 is 2.27 bits per heavy atom. The van der Waals surface area contributed by atoms with Gasteiger partial charge in [-0.1, -0.05) is 0 Å². The third kappa shape index (κ3) is 4.35. The smallest absolute Gasteiger partial charge is 0.221 e. The fourth-order valence-corrected chi connectivity index (χ4v) is 2.65. The van der Waals surface area contributed by atoms with Gasteiger partial charge in [0.15, 0.2) is 0 Å². The zero-order valence-corrected chi connectivity index (χ0v) is 13.1. The monoisotopic (exact) mass is 308 g/mol. The second-order valence-electron chi connectivity index (χ2n) is 5.43. The summed E-state index contributed by atoms with van der Waals surface area (Å²) in [5.41, 5.74) is 0.598. The highest BCUT2D eigenvalue weighted by Gasteiger charge is 2.19. The number of nitrogens with one attached hydrogen (secondary N) is 2. The van der Waals surface area contributed by atoms with Crippen LogP contribution in [0.3, 0.4) is 0 Å². The van der Waals surface area contributed by atoms with E-state index in [1.807, 2.05) is 0 Å². The summed E-state index contributed by atoms with van der Waals surface area (Å²) in [5.74, 6) is 1.15. The number of hydrogen-bond donors (Lipinski definition) is 3. The number of ether oxygens (including phenoxy) is 2. The minimum atomic E-state index is -0.842. The summed E-state index contributed by atoms with van der Waals surface area (Å²) in [4.78, 5) is 11.9. The second-order valence-corrected chi connectivity index (χ2v) is 5.43. The quantitative estimate of drug-likeness (QED) is 0.700. The minimum Gasteiger partial charge on any atom is -0.497 e. The number of aliphatic hydroxyl groups excluding tert-OH is 1. The van der Waals surface area contributed by atoms with Crippen LogP contribution in [0.2, 0.25) is 0 Å². The average molecular weight is 308 g/mol. The molecule has 1 aliphatic heterocycles. The van der Waals surface area contributed by atoms with Crippen molar-refractivity contribution in [1.82, 2.24) is 10.6 Å². The highest BCUT2D eigenvalue weighted by atomic mass is 16.5. The van der Waals surface area contributed by atoms with Gasteiger partial charge in [-0.25, -0.2) is 0 Å². The largest absolute Gasteiger partial charge is 0.497 e. The summed E-state index contributed by atoms with van der Waals surface area (Å²) in [6, 6.07) is 5.47. The number of carbonyl (C=O) groups excluding carboxylic acids is 1. The molecule has 0 aromatic heterocycles. The Morgan fingerprint density at radius 3 is 2.91 bits per heavy atom. The zero-order valence-electron chi connectivity index (χ0n) is 13.1. The van der Waals surface area contributed by atoms with Gasteiger partial charge in [0.25, 0.3) is 0 Å². The van der Waals surface area contributed by atoms with Gasteiger partial charge in [-0.05, 0) is 37.6 Å². The van der Waals surface area contributed by atoms with Crippen LogP contribution >= 0.6 is 0 Å². The Hall–Kier alpha value is -1.79. The van der Waals surface area contributed by atoms with E-state index in [-0.39, 0.29) is 18.5 Å². The van der Waals surface area contributed by atoms with Crippen LogP contribution in [0.25, 0.3) is 0 Å². The molecule has 1 aliphatic rings. The standard InChI is InChI=1S/C16H24N2O4/c1-21-12-5-6-15(22-2)13(9-12)14(19)10-18-16(20)8-11-4-3-7-17-11/h5-6,9,11,14,17,19H,3-4,7-8,10H2,1-2H3,(H,18,20). The Balaban J connectivity index is 1.90. The number of aliphatic hydroxyl groups is 1. The Labute approximate surface area is 130 Å². The van der Waals surface area contributed by atoms with Gasteiger partial charge in [0.2, 0.25) is 5.91 Å². The Morgan fingerprint density at radius 1 is 1.45 bits per heavy atom. The molecule has 6 nitrogen and oxygen atoms in total. The van der Waals surface area contributed by atoms with Crippen molar-refractivity contribution < 1.29 is 19.4 Å². The number of amides is 1. The maximum Gasteiger partial charge on any atom is 0.221 e. The van der Waals surface area contributed by atoms with Gasteiger partial charge in [-0.15, -0.1) is 0 Å². The van der Waals surface area contributed by atoms with E-state index in [9.17, 15) is 9.90 Å².